The standard InChI is InChI=1S/C24H21ClFN9O/c25-19-12-16(22-27-6-1-7-28-22)2-5-21(19)32-18-4-3-17(29-13-18)14-31-34-24-30-15-20(26)23(33-24)35-8-10-36-11-9-35/h1-7,12-13,15,32H,8-11,14H2. The zero-order chi connectivity index (χ0) is 24.7. The SMILES string of the molecule is Fc1cnc(N=NCc2ccc(Nc3ccc(-c4ncccn4)cc3Cl)cn2)nc1N1CCOCC1. The van der Waals surface area contributed by atoms with E-state index >= 15 is 0 Å². The van der Waals surface area contributed by atoms with Crippen LogP contribution in [0.5, 0.6) is 0 Å². The average Bonchev–Trinajstić information content (AvgIpc) is 2.93. The normalized spacial score (nSPS) is 13.8. The fraction of sp³-hybridized carbons (Fsp3) is 0.208. The van der Waals surface area contributed by atoms with Gasteiger partial charge in [-0.3, -0.25) is 4.98 Å². The average molecular weight is 506 g/mol. The van der Waals surface area contributed by atoms with Crippen molar-refractivity contribution in [1.29, 1.82) is 0 Å². The minimum Gasteiger partial charge on any atom is -0.378 e. The Morgan fingerprint density at radius 2 is 1.86 bits per heavy atom. The molecule has 1 aliphatic heterocycles. The van der Waals surface area contributed by atoms with Gasteiger partial charge in [0.15, 0.2) is 17.5 Å². The summed E-state index contributed by atoms with van der Waals surface area (Å²) in [4.78, 5) is 22.8. The van der Waals surface area contributed by atoms with Gasteiger partial charge in [0, 0.05) is 31.0 Å². The molecule has 0 unspecified atom stereocenters. The molecule has 5 rings (SSSR count). The fourth-order valence-electron chi connectivity index (χ4n) is 3.52. The van der Waals surface area contributed by atoms with Crippen LogP contribution in [0.25, 0.3) is 11.4 Å². The van der Waals surface area contributed by atoms with E-state index in [2.05, 4.69) is 40.5 Å². The van der Waals surface area contributed by atoms with Crippen molar-refractivity contribution in [2.75, 3.05) is 36.5 Å². The molecule has 1 aliphatic rings. The maximum Gasteiger partial charge on any atom is 0.270 e. The van der Waals surface area contributed by atoms with E-state index in [1.165, 1.54) is 0 Å². The van der Waals surface area contributed by atoms with Gasteiger partial charge in [-0.15, -0.1) is 5.11 Å². The molecule has 36 heavy (non-hydrogen) atoms. The summed E-state index contributed by atoms with van der Waals surface area (Å²) in [6, 6.07) is 11.0. The van der Waals surface area contributed by atoms with Crippen LogP contribution in [0.15, 0.2) is 71.4 Å². The molecule has 4 heterocycles. The van der Waals surface area contributed by atoms with Crippen molar-refractivity contribution in [2.45, 2.75) is 6.54 Å². The Morgan fingerprint density at radius 1 is 1.03 bits per heavy atom. The number of morpholine rings is 1. The number of pyridine rings is 1. The highest BCUT2D eigenvalue weighted by Gasteiger charge is 2.17. The number of anilines is 3. The number of ether oxygens (including phenoxy) is 1. The van der Waals surface area contributed by atoms with Crippen LogP contribution in [-0.4, -0.2) is 51.2 Å². The molecule has 3 aromatic heterocycles. The fourth-order valence-corrected chi connectivity index (χ4v) is 3.74. The van der Waals surface area contributed by atoms with E-state index in [4.69, 9.17) is 16.3 Å². The summed E-state index contributed by atoms with van der Waals surface area (Å²) in [6.45, 7) is 2.39. The molecule has 1 aromatic carbocycles. The van der Waals surface area contributed by atoms with Crippen molar-refractivity contribution >= 4 is 34.7 Å². The van der Waals surface area contributed by atoms with Gasteiger partial charge >= 0.3 is 0 Å². The molecule has 12 heteroatoms. The molecule has 0 amide bonds. The van der Waals surface area contributed by atoms with Gasteiger partial charge in [-0.25, -0.2) is 19.3 Å². The molecule has 182 valence electrons. The number of hydrogen-bond acceptors (Lipinski definition) is 10. The summed E-state index contributed by atoms with van der Waals surface area (Å²) in [6.07, 6.45) is 6.16. The number of nitrogens with one attached hydrogen (secondary N) is 1. The first kappa shape index (κ1) is 23.6. The Labute approximate surface area is 211 Å². The maximum atomic E-state index is 14.1. The monoisotopic (exact) mass is 505 g/mol. The summed E-state index contributed by atoms with van der Waals surface area (Å²) in [5.74, 6) is 0.409. The summed E-state index contributed by atoms with van der Waals surface area (Å²) in [5, 5.41) is 11.9. The van der Waals surface area contributed by atoms with E-state index in [1.54, 1.807) is 24.7 Å². The smallest absolute Gasteiger partial charge is 0.270 e. The van der Waals surface area contributed by atoms with E-state index < -0.39 is 5.82 Å². The highest BCUT2D eigenvalue weighted by Crippen LogP contribution is 2.29. The second-order valence-electron chi connectivity index (χ2n) is 7.77. The van der Waals surface area contributed by atoms with E-state index in [1.807, 2.05) is 35.2 Å². The molecule has 1 saturated heterocycles. The zero-order valence-corrected chi connectivity index (χ0v) is 19.8. The van der Waals surface area contributed by atoms with Crippen molar-refractivity contribution in [1.82, 2.24) is 24.9 Å². The van der Waals surface area contributed by atoms with Gasteiger partial charge in [0.25, 0.3) is 5.95 Å². The van der Waals surface area contributed by atoms with Crippen LogP contribution in [0.1, 0.15) is 5.69 Å². The molecule has 0 atom stereocenters. The maximum absolute atomic E-state index is 14.1. The molecular weight excluding hydrogens is 485 g/mol. The lowest BCUT2D eigenvalue weighted by molar-refractivity contribution is 0.122. The lowest BCUT2D eigenvalue weighted by Gasteiger charge is -2.27. The molecule has 0 bridgehead atoms. The van der Waals surface area contributed by atoms with Crippen LogP contribution in [0.4, 0.5) is 27.5 Å². The molecule has 1 fully saturated rings. The summed E-state index contributed by atoms with van der Waals surface area (Å²) in [7, 11) is 0. The second kappa shape index (κ2) is 11.1. The van der Waals surface area contributed by atoms with Crippen LogP contribution in [0.3, 0.4) is 0 Å². The third-order valence-electron chi connectivity index (χ3n) is 5.31. The first-order valence-corrected chi connectivity index (χ1v) is 11.5. The summed E-state index contributed by atoms with van der Waals surface area (Å²) < 4.78 is 19.5. The minimum atomic E-state index is -0.497. The number of aromatic nitrogens is 5. The van der Waals surface area contributed by atoms with Gasteiger partial charge in [0.05, 0.1) is 47.7 Å². The van der Waals surface area contributed by atoms with E-state index in [0.717, 1.165) is 23.1 Å². The van der Waals surface area contributed by atoms with Gasteiger partial charge in [-0.2, -0.15) is 10.1 Å². The Hall–Kier alpha value is -4.09. The zero-order valence-electron chi connectivity index (χ0n) is 19.1. The van der Waals surface area contributed by atoms with E-state index in [9.17, 15) is 4.39 Å². The molecular formula is C24H21ClFN9O. The van der Waals surface area contributed by atoms with Crippen molar-refractivity contribution in [3.05, 3.63) is 77.7 Å². The Balaban J connectivity index is 1.20. The van der Waals surface area contributed by atoms with Crippen LogP contribution in [0.2, 0.25) is 5.02 Å². The van der Waals surface area contributed by atoms with Crippen molar-refractivity contribution in [2.24, 2.45) is 10.2 Å². The van der Waals surface area contributed by atoms with Gasteiger partial charge in [0.2, 0.25) is 0 Å². The number of rotatable bonds is 7. The third-order valence-corrected chi connectivity index (χ3v) is 5.63. The summed E-state index contributed by atoms with van der Waals surface area (Å²) >= 11 is 6.45. The Morgan fingerprint density at radius 3 is 2.61 bits per heavy atom. The van der Waals surface area contributed by atoms with Gasteiger partial charge in [-0.05, 0) is 36.4 Å². The molecule has 0 saturated carbocycles. The first-order valence-electron chi connectivity index (χ1n) is 11.2. The van der Waals surface area contributed by atoms with E-state index in [0.29, 0.717) is 42.8 Å². The number of azo groups is 1. The second-order valence-corrected chi connectivity index (χ2v) is 8.18. The quantitative estimate of drug-likeness (QED) is 0.349. The predicted molar refractivity (Wildman–Crippen MR) is 133 cm³/mol. The third kappa shape index (κ3) is 5.75. The molecule has 0 aliphatic carbocycles. The van der Waals surface area contributed by atoms with Crippen LogP contribution in [0, 0.1) is 5.82 Å². The number of halogens is 2. The van der Waals surface area contributed by atoms with Gasteiger partial charge in [-0.1, -0.05) is 11.6 Å². The minimum absolute atomic E-state index is 0.0928. The van der Waals surface area contributed by atoms with Crippen LogP contribution >= 0.6 is 11.6 Å². The number of hydrogen-bond donors (Lipinski definition) is 1. The lowest BCUT2D eigenvalue weighted by Crippen LogP contribution is -2.37. The van der Waals surface area contributed by atoms with Crippen LogP contribution in [-0.2, 0) is 11.3 Å². The Bertz CT molecular complexity index is 1350. The first-order chi connectivity index (χ1) is 17.7. The molecule has 0 radical (unpaired) electrons. The molecule has 10 nitrogen and oxygen atoms in total. The van der Waals surface area contributed by atoms with Crippen LogP contribution < -0.4 is 10.2 Å². The molecule has 0 spiro atoms. The van der Waals surface area contributed by atoms with Gasteiger partial charge in [0.1, 0.15) is 6.54 Å². The lowest BCUT2D eigenvalue weighted by atomic mass is 10.2. The Kier molecular flexibility index (Phi) is 7.29. The number of nitrogens with zero attached hydrogens (tertiary/aromatic N) is 8. The molecule has 1 N–H and O–H groups in total. The highest BCUT2D eigenvalue weighted by molar-refractivity contribution is 6.33. The van der Waals surface area contributed by atoms with E-state index in [-0.39, 0.29) is 18.3 Å². The topological polar surface area (TPSA) is 114 Å². The van der Waals surface area contributed by atoms with Crippen molar-refractivity contribution in [3.8, 4) is 11.4 Å². The largest absolute Gasteiger partial charge is 0.378 e. The molecule has 4 aromatic rings. The highest BCUT2D eigenvalue weighted by atomic mass is 35.5. The number of benzene rings is 1. The summed E-state index contributed by atoms with van der Waals surface area (Å²) in [5.41, 5.74) is 3.02. The van der Waals surface area contributed by atoms with Crippen molar-refractivity contribution < 1.29 is 9.13 Å². The predicted octanol–water partition coefficient (Wildman–Crippen LogP) is 4.99. The van der Waals surface area contributed by atoms with Gasteiger partial charge < -0.3 is 15.0 Å². The van der Waals surface area contributed by atoms with Crippen molar-refractivity contribution in [3.63, 3.8) is 0 Å².